The highest BCUT2D eigenvalue weighted by atomic mass is 79.9. The number of anilines is 1. The molecule has 0 radical (unpaired) electrons. The number of methoxy groups -OCH3 is 1. The number of halogens is 4. The highest BCUT2D eigenvalue weighted by molar-refractivity contribution is 9.10. The van der Waals surface area contributed by atoms with E-state index < -0.39 is 11.6 Å². The summed E-state index contributed by atoms with van der Waals surface area (Å²) in [6.07, 6.45) is 4.94. The molecule has 0 spiro atoms. The van der Waals surface area contributed by atoms with E-state index >= 15 is 0 Å². The molecule has 170 valence electrons. The molecule has 0 fully saturated rings. The van der Waals surface area contributed by atoms with E-state index in [0.717, 1.165) is 28.1 Å². The fourth-order valence-corrected chi connectivity index (χ4v) is 5.45. The predicted molar refractivity (Wildman–Crippen MR) is 129 cm³/mol. The Balaban J connectivity index is 1.47. The molecule has 3 nitrogen and oxygen atoms in total. The number of ether oxygens (including phenoxy) is 2. The number of allylic oxidation sites excluding steroid dienone is 2. The second kappa shape index (κ2) is 8.99. The summed E-state index contributed by atoms with van der Waals surface area (Å²) < 4.78 is 41.0. The Hall–Kier alpha value is -2.57. The van der Waals surface area contributed by atoms with Crippen LogP contribution in [-0.2, 0) is 6.61 Å². The highest BCUT2D eigenvalue weighted by Gasteiger charge is 2.39. The molecule has 33 heavy (non-hydrogen) atoms. The highest BCUT2D eigenvalue weighted by Crippen LogP contribution is 2.52. The van der Waals surface area contributed by atoms with Crippen LogP contribution in [0.2, 0.25) is 5.02 Å². The van der Waals surface area contributed by atoms with E-state index in [1.54, 1.807) is 7.11 Å². The van der Waals surface area contributed by atoms with Gasteiger partial charge in [-0.1, -0.05) is 35.9 Å². The van der Waals surface area contributed by atoms with Gasteiger partial charge in [-0.2, -0.15) is 0 Å². The molecule has 3 aromatic rings. The molecule has 0 saturated heterocycles. The van der Waals surface area contributed by atoms with Gasteiger partial charge in [-0.05, 0) is 75.3 Å². The summed E-state index contributed by atoms with van der Waals surface area (Å²) in [4.78, 5) is 0. The minimum atomic E-state index is -0.581. The molecule has 1 N–H and O–H groups in total. The number of hydrogen-bond donors (Lipinski definition) is 1. The van der Waals surface area contributed by atoms with Gasteiger partial charge in [-0.3, -0.25) is 0 Å². The lowest BCUT2D eigenvalue weighted by molar-refractivity contribution is 0.282. The number of nitrogens with one attached hydrogen (secondary N) is 1. The molecule has 3 atom stereocenters. The summed E-state index contributed by atoms with van der Waals surface area (Å²) in [7, 11) is 1.59. The third-order valence-corrected chi connectivity index (χ3v) is 7.13. The summed E-state index contributed by atoms with van der Waals surface area (Å²) in [6.45, 7) is 0.353. The Morgan fingerprint density at radius 3 is 2.67 bits per heavy atom. The van der Waals surface area contributed by atoms with Crippen molar-refractivity contribution in [3.05, 3.63) is 98.5 Å². The summed E-state index contributed by atoms with van der Waals surface area (Å²) in [5.74, 6) is 0.0998. The molecule has 1 heterocycles. The van der Waals surface area contributed by atoms with Crippen molar-refractivity contribution in [2.75, 3.05) is 12.4 Å². The van der Waals surface area contributed by atoms with Gasteiger partial charge in [-0.25, -0.2) is 8.78 Å². The SMILES string of the molecule is COc1cc([C@H]2Nc3c(F)cc(F)cc3[C@H]3C=CC[C@@H]32)cc(Br)c1OCc1ccc(Cl)cc1. The molecule has 0 bridgehead atoms. The lowest BCUT2D eigenvalue weighted by Gasteiger charge is -2.38. The molecule has 3 aromatic carbocycles. The maximum absolute atomic E-state index is 14.7. The monoisotopic (exact) mass is 531 g/mol. The fraction of sp³-hybridized carbons (Fsp3) is 0.231. The van der Waals surface area contributed by atoms with Crippen LogP contribution in [0, 0.1) is 17.6 Å². The lowest BCUT2D eigenvalue weighted by Crippen LogP contribution is -2.30. The van der Waals surface area contributed by atoms with Crippen LogP contribution in [0.1, 0.15) is 35.1 Å². The van der Waals surface area contributed by atoms with Crippen molar-refractivity contribution >= 4 is 33.2 Å². The van der Waals surface area contributed by atoms with Crippen LogP contribution in [0.25, 0.3) is 0 Å². The Kier molecular flexibility index (Phi) is 6.06. The molecule has 1 aliphatic heterocycles. The minimum absolute atomic E-state index is 0.0537. The fourth-order valence-electron chi connectivity index (χ4n) is 4.75. The predicted octanol–water partition coefficient (Wildman–Crippen LogP) is 7.79. The Morgan fingerprint density at radius 1 is 1.12 bits per heavy atom. The van der Waals surface area contributed by atoms with Gasteiger partial charge in [0.25, 0.3) is 0 Å². The van der Waals surface area contributed by atoms with Gasteiger partial charge >= 0.3 is 0 Å². The number of hydrogen-bond acceptors (Lipinski definition) is 3. The standard InChI is InChI=1S/C26H21BrClF2NO2/c1-32-23-10-15(9-21(27)26(23)33-13-14-5-7-16(28)8-6-14)24-19-4-2-3-18(19)20-11-17(29)12-22(30)25(20)31-24/h2-3,5-12,18-19,24,31H,4,13H2,1H3/t18-,19-,24+/m0/s1. The molecule has 7 heteroatoms. The summed E-state index contributed by atoms with van der Waals surface area (Å²) >= 11 is 9.59. The van der Waals surface area contributed by atoms with Crippen molar-refractivity contribution in [3.63, 3.8) is 0 Å². The summed E-state index contributed by atoms with van der Waals surface area (Å²) in [6, 6.07) is 13.5. The van der Waals surface area contributed by atoms with Crippen molar-refractivity contribution in [1.29, 1.82) is 0 Å². The maximum atomic E-state index is 14.7. The van der Waals surface area contributed by atoms with Crippen molar-refractivity contribution in [2.24, 2.45) is 5.92 Å². The first kappa shape index (κ1) is 22.2. The number of benzene rings is 3. The second-order valence-electron chi connectivity index (χ2n) is 8.28. The minimum Gasteiger partial charge on any atom is -0.493 e. The first-order chi connectivity index (χ1) is 15.9. The third-order valence-electron chi connectivity index (χ3n) is 6.29. The topological polar surface area (TPSA) is 30.5 Å². The van der Waals surface area contributed by atoms with Gasteiger partial charge in [0.05, 0.1) is 23.3 Å². The van der Waals surface area contributed by atoms with Gasteiger partial charge in [0, 0.05) is 17.0 Å². The van der Waals surface area contributed by atoms with Crippen LogP contribution in [-0.4, -0.2) is 7.11 Å². The normalized spacial score (nSPS) is 20.7. The largest absolute Gasteiger partial charge is 0.493 e. The molecular weight excluding hydrogens is 512 g/mol. The maximum Gasteiger partial charge on any atom is 0.175 e. The van der Waals surface area contributed by atoms with E-state index in [0.29, 0.717) is 34.4 Å². The second-order valence-corrected chi connectivity index (χ2v) is 9.57. The number of rotatable bonds is 5. The van der Waals surface area contributed by atoms with Gasteiger partial charge in [0.2, 0.25) is 0 Å². The van der Waals surface area contributed by atoms with Crippen molar-refractivity contribution in [3.8, 4) is 11.5 Å². The average molecular weight is 533 g/mol. The zero-order chi connectivity index (χ0) is 23.1. The first-order valence-corrected chi connectivity index (χ1v) is 11.8. The van der Waals surface area contributed by atoms with Crippen LogP contribution >= 0.6 is 27.5 Å². The zero-order valence-corrected chi connectivity index (χ0v) is 20.1. The first-order valence-electron chi connectivity index (χ1n) is 10.6. The summed E-state index contributed by atoms with van der Waals surface area (Å²) in [5, 5.41) is 4.00. The van der Waals surface area contributed by atoms with Crippen LogP contribution in [0.4, 0.5) is 14.5 Å². The Morgan fingerprint density at radius 2 is 1.91 bits per heavy atom. The van der Waals surface area contributed by atoms with Crippen LogP contribution in [0.5, 0.6) is 11.5 Å². The molecule has 0 saturated carbocycles. The molecule has 0 aromatic heterocycles. The van der Waals surface area contributed by atoms with E-state index in [1.165, 1.54) is 6.07 Å². The van der Waals surface area contributed by atoms with Gasteiger partial charge < -0.3 is 14.8 Å². The summed E-state index contributed by atoms with van der Waals surface area (Å²) in [5.41, 5.74) is 2.93. The van der Waals surface area contributed by atoms with Crippen LogP contribution < -0.4 is 14.8 Å². The average Bonchev–Trinajstić information content (AvgIpc) is 3.29. The quantitative estimate of drug-likeness (QED) is 0.340. The molecule has 2 aliphatic rings. The van der Waals surface area contributed by atoms with Crippen molar-refractivity contribution in [1.82, 2.24) is 0 Å². The van der Waals surface area contributed by atoms with Crippen LogP contribution in [0.15, 0.2) is 65.2 Å². The molecule has 0 unspecified atom stereocenters. The Labute approximate surface area is 204 Å². The molecule has 0 amide bonds. The molecular formula is C26H21BrClF2NO2. The zero-order valence-electron chi connectivity index (χ0n) is 17.7. The van der Waals surface area contributed by atoms with Gasteiger partial charge in [0.1, 0.15) is 18.2 Å². The van der Waals surface area contributed by atoms with Crippen molar-refractivity contribution < 1.29 is 18.3 Å². The van der Waals surface area contributed by atoms with E-state index in [-0.39, 0.29) is 17.9 Å². The molecule has 1 aliphatic carbocycles. The van der Waals surface area contributed by atoms with Gasteiger partial charge in [0.15, 0.2) is 11.5 Å². The number of fused-ring (bicyclic) bond motifs is 3. The van der Waals surface area contributed by atoms with Crippen LogP contribution in [0.3, 0.4) is 0 Å². The van der Waals surface area contributed by atoms with E-state index in [1.807, 2.05) is 42.5 Å². The van der Waals surface area contributed by atoms with E-state index in [4.69, 9.17) is 21.1 Å². The third kappa shape index (κ3) is 4.22. The smallest absolute Gasteiger partial charge is 0.175 e. The van der Waals surface area contributed by atoms with E-state index in [9.17, 15) is 8.78 Å². The lowest BCUT2D eigenvalue weighted by atomic mass is 9.77. The molecule has 5 rings (SSSR count). The van der Waals surface area contributed by atoms with Crippen molar-refractivity contribution in [2.45, 2.75) is 25.0 Å². The Bertz CT molecular complexity index is 1230. The van der Waals surface area contributed by atoms with E-state index in [2.05, 4.69) is 27.3 Å². The van der Waals surface area contributed by atoms with Gasteiger partial charge in [-0.15, -0.1) is 0 Å².